The summed E-state index contributed by atoms with van der Waals surface area (Å²) in [6, 6.07) is 5.47. The molecular weight excluding hydrogens is 376 g/mol. The van der Waals surface area contributed by atoms with E-state index in [2.05, 4.69) is 15.6 Å². The van der Waals surface area contributed by atoms with Gasteiger partial charge in [0.25, 0.3) is 0 Å². The fraction of sp³-hybridized carbons (Fsp3) is 0.471. The number of nitrogens with one attached hydrogen (secondary N) is 2. The summed E-state index contributed by atoms with van der Waals surface area (Å²) in [6.07, 6.45) is 2.28. The average molecular weight is 399 g/mol. The lowest BCUT2D eigenvalue weighted by Crippen LogP contribution is -2.54. The first kappa shape index (κ1) is 20.6. The van der Waals surface area contributed by atoms with E-state index in [9.17, 15) is 9.59 Å². The third kappa shape index (κ3) is 4.70. The van der Waals surface area contributed by atoms with Gasteiger partial charge in [-0.3, -0.25) is 9.59 Å². The molecule has 1 aromatic carbocycles. The van der Waals surface area contributed by atoms with Crippen molar-refractivity contribution in [3.05, 3.63) is 18.2 Å². The number of nitrogens with two attached hydrogens (primary N) is 1. The molecule has 3 rings (SSSR count). The van der Waals surface area contributed by atoms with Crippen molar-refractivity contribution in [2.45, 2.75) is 38.1 Å². The summed E-state index contributed by atoms with van der Waals surface area (Å²) in [4.78, 5) is 28.6. The fourth-order valence-corrected chi connectivity index (χ4v) is 3.60. The zero-order valence-corrected chi connectivity index (χ0v) is 16.2. The predicted octanol–water partition coefficient (Wildman–Crippen LogP) is 2.90. The number of nitrogens with zero attached hydrogens (tertiary/aromatic N) is 1. The lowest BCUT2D eigenvalue weighted by molar-refractivity contribution is -0.124. The van der Waals surface area contributed by atoms with Gasteiger partial charge in [0.2, 0.25) is 11.8 Å². The summed E-state index contributed by atoms with van der Waals surface area (Å²) in [7, 11) is 0. The Bertz CT molecular complexity index is 789. The zero-order valence-electron chi connectivity index (χ0n) is 14.5. The maximum Gasteiger partial charge on any atom is 0.244 e. The van der Waals surface area contributed by atoms with Gasteiger partial charge in [0.1, 0.15) is 5.54 Å². The van der Waals surface area contributed by atoms with Crippen LogP contribution in [0.5, 0.6) is 0 Å². The number of carbonyl (C=O) groups is 2. The Morgan fingerprint density at radius 2 is 2.04 bits per heavy atom. The molecule has 2 amide bonds. The van der Waals surface area contributed by atoms with E-state index in [0.717, 1.165) is 16.6 Å². The second-order valence-corrected chi connectivity index (χ2v) is 7.25. The normalized spacial score (nSPS) is 15.9. The van der Waals surface area contributed by atoms with Crippen molar-refractivity contribution in [1.82, 2.24) is 4.98 Å². The largest absolute Gasteiger partial charge is 0.381 e. The first-order chi connectivity index (χ1) is 12.0. The van der Waals surface area contributed by atoms with E-state index < -0.39 is 5.54 Å². The van der Waals surface area contributed by atoms with Crippen LogP contribution in [0.4, 0.5) is 10.8 Å². The highest BCUT2D eigenvalue weighted by Crippen LogP contribution is 2.29. The smallest absolute Gasteiger partial charge is 0.244 e. The van der Waals surface area contributed by atoms with Gasteiger partial charge in [-0.25, -0.2) is 4.98 Å². The highest BCUT2D eigenvalue weighted by atomic mass is 35.5. The number of anilines is 2. The highest BCUT2D eigenvalue weighted by Gasteiger charge is 2.35. The van der Waals surface area contributed by atoms with Gasteiger partial charge in [0, 0.05) is 25.3 Å². The van der Waals surface area contributed by atoms with Gasteiger partial charge in [0.05, 0.1) is 10.2 Å². The van der Waals surface area contributed by atoms with Crippen molar-refractivity contribution in [3.63, 3.8) is 0 Å². The number of amides is 2. The zero-order chi connectivity index (χ0) is 17.9. The van der Waals surface area contributed by atoms with Gasteiger partial charge in [0.15, 0.2) is 5.13 Å². The van der Waals surface area contributed by atoms with Crippen LogP contribution in [0.25, 0.3) is 10.2 Å². The van der Waals surface area contributed by atoms with Crippen LogP contribution < -0.4 is 16.4 Å². The van der Waals surface area contributed by atoms with Crippen molar-refractivity contribution in [3.8, 4) is 0 Å². The Morgan fingerprint density at radius 3 is 2.73 bits per heavy atom. The Kier molecular flexibility index (Phi) is 6.94. The molecule has 142 valence electrons. The molecule has 1 aliphatic rings. The molecule has 2 aromatic rings. The molecule has 0 aliphatic carbocycles. The molecule has 0 unspecified atom stereocenters. The Hall–Kier alpha value is -1.74. The monoisotopic (exact) mass is 398 g/mol. The molecular formula is C17H23ClN4O3S. The number of hydrogen-bond donors (Lipinski definition) is 3. The van der Waals surface area contributed by atoms with Crippen molar-refractivity contribution >= 4 is 56.6 Å². The molecule has 1 saturated heterocycles. The van der Waals surface area contributed by atoms with Gasteiger partial charge in [-0.1, -0.05) is 18.3 Å². The Balaban J connectivity index is 0.00000243. The van der Waals surface area contributed by atoms with E-state index in [-0.39, 0.29) is 24.2 Å². The minimum atomic E-state index is -0.889. The predicted molar refractivity (Wildman–Crippen MR) is 106 cm³/mol. The number of fused-ring (bicyclic) bond motifs is 1. The number of benzene rings is 1. The van der Waals surface area contributed by atoms with Crippen molar-refractivity contribution in [2.24, 2.45) is 5.73 Å². The standard InChI is InChI=1S/C17H22N4O3S.ClH/c1-2-3-14(22)21-16-20-12-5-4-11(10-13(12)25-16)19-15(23)17(18)6-8-24-9-7-17;/h4-5,10H,2-3,6-9,18H2,1H3,(H,19,23)(H,20,21,22);1H. The van der Waals surface area contributed by atoms with Crippen molar-refractivity contribution < 1.29 is 14.3 Å². The van der Waals surface area contributed by atoms with Crippen molar-refractivity contribution in [2.75, 3.05) is 23.8 Å². The van der Waals surface area contributed by atoms with Crippen LogP contribution in [0.3, 0.4) is 0 Å². The van der Waals surface area contributed by atoms with Crippen LogP contribution >= 0.6 is 23.7 Å². The molecule has 1 aromatic heterocycles. The van der Waals surface area contributed by atoms with Crippen LogP contribution in [-0.2, 0) is 14.3 Å². The first-order valence-electron chi connectivity index (χ1n) is 8.39. The number of hydrogen-bond acceptors (Lipinski definition) is 6. The van der Waals surface area contributed by atoms with Crippen LogP contribution in [0.1, 0.15) is 32.6 Å². The van der Waals surface area contributed by atoms with Crippen LogP contribution in [-0.4, -0.2) is 35.6 Å². The minimum absolute atomic E-state index is 0. The van der Waals surface area contributed by atoms with Crippen LogP contribution in [0.2, 0.25) is 0 Å². The molecule has 0 spiro atoms. The van der Waals surface area contributed by atoms with E-state index in [4.69, 9.17) is 10.5 Å². The third-order valence-electron chi connectivity index (χ3n) is 4.21. The maximum absolute atomic E-state index is 12.5. The summed E-state index contributed by atoms with van der Waals surface area (Å²) < 4.78 is 6.16. The number of halogens is 1. The van der Waals surface area contributed by atoms with Crippen LogP contribution in [0, 0.1) is 0 Å². The SMILES string of the molecule is CCCC(=O)Nc1nc2ccc(NC(=O)C3(N)CCOCC3)cc2s1.Cl. The summed E-state index contributed by atoms with van der Waals surface area (Å²) >= 11 is 1.38. The molecule has 0 atom stereocenters. The topological polar surface area (TPSA) is 106 Å². The van der Waals surface area contributed by atoms with E-state index >= 15 is 0 Å². The van der Waals surface area contributed by atoms with Gasteiger partial charge in [-0.2, -0.15) is 0 Å². The molecule has 1 fully saturated rings. The summed E-state index contributed by atoms with van der Waals surface area (Å²) in [5.74, 6) is -0.240. The van der Waals surface area contributed by atoms with E-state index in [1.807, 2.05) is 19.1 Å². The number of carbonyl (C=O) groups excluding carboxylic acids is 2. The number of rotatable bonds is 5. The minimum Gasteiger partial charge on any atom is -0.381 e. The average Bonchev–Trinajstić information content (AvgIpc) is 2.97. The number of ether oxygens (including phenoxy) is 1. The van der Waals surface area contributed by atoms with E-state index in [1.165, 1.54) is 11.3 Å². The summed E-state index contributed by atoms with van der Waals surface area (Å²) in [6.45, 7) is 2.95. The molecule has 1 aliphatic heterocycles. The second kappa shape index (κ2) is 8.77. The lowest BCUT2D eigenvalue weighted by Gasteiger charge is -2.31. The number of aromatic nitrogens is 1. The molecule has 2 heterocycles. The highest BCUT2D eigenvalue weighted by molar-refractivity contribution is 7.22. The maximum atomic E-state index is 12.5. The molecule has 0 saturated carbocycles. The number of thiazole rings is 1. The Morgan fingerprint density at radius 1 is 1.31 bits per heavy atom. The lowest BCUT2D eigenvalue weighted by atomic mass is 9.90. The fourth-order valence-electron chi connectivity index (χ4n) is 2.68. The summed E-state index contributed by atoms with van der Waals surface area (Å²) in [5, 5.41) is 6.25. The van der Waals surface area contributed by atoms with Gasteiger partial charge < -0.3 is 21.1 Å². The molecule has 26 heavy (non-hydrogen) atoms. The first-order valence-corrected chi connectivity index (χ1v) is 9.20. The third-order valence-corrected chi connectivity index (χ3v) is 5.14. The molecule has 0 bridgehead atoms. The van der Waals surface area contributed by atoms with E-state index in [1.54, 1.807) is 6.07 Å². The van der Waals surface area contributed by atoms with Gasteiger partial charge >= 0.3 is 0 Å². The molecule has 4 N–H and O–H groups in total. The molecule has 7 nitrogen and oxygen atoms in total. The van der Waals surface area contributed by atoms with Gasteiger partial charge in [-0.15, -0.1) is 12.4 Å². The molecule has 0 radical (unpaired) electrons. The molecule has 9 heteroatoms. The second-order valence-electron chi connectivity index (χ2n) is 6.22. The van der Waals surface area contributed by atoms with E-state index in [0.29, 0.717) is 43.3 Å². The quantitative estimate of drug-likeness (QED) is 0.717. The summed E-state index contributed by atoms with van der Waals surface area (Å²) in [5.41, 5.74) is 6.76. The Labute approximate surface area is 162 Å². The van der Waals surface area contributed by atoms with Gasteiger partial charge in [-0.05, 0) is 37.5 Å². The van der Waals surface area contributed by atoms with Crippen LogP contribution in [0.15, 0.2) is 18.2 Å². The van der Waals surface area contributed by atoms with Crippen molar-refractivity contribution in [1.29, 1.82) is 0 Å².